The lowest BCUT2D eigenvalue weighted by molar-refractivity contribution is -0.167. The van der Waals surface area contributed by atoms with Gasteiger partial charge in [0, 0.05) is 44.4 Å². The third kappa shape index (κ3) is 3.11. The van der Waals surface area contributed by atoms with E-state index in [-0.39, 0.29) is 42.0 Å². The number of hydrogen-bond donors (Lipinski definition) is 1. The summed E-state index contributed by atoms with van der Waals surface area (Å²) in [5.41, 5.74) is 0.900. The number of rotatable bonds is 5. The van der Waals surface area contributed by atoms with Crippen LogP contribution in [0.1, 0.15) is 40.0 Å². The Morgan fingerprint density at radius 3 is 2.41 bits per heavy atom. The van der Waals surface area contributed by atoms with Gasteiger partial charge in [0.2, 0.25) is 17.7 Å². The van der Waals surface area contributed by atoms with Gasteiger partial charge in [-0.2, -0.15) is 0 Å². The Morgan fingerprint density at radius 2 is 1.81 bits per heavy atom. The van der Waals surface area contributed by atoms with Crippen molar-refractivity contribution in [2.75, 3.05) is 30.9 Å². The van der Waals surface area contributed by atoms with Crippen molar-refractivity contribution >= 4 is 29.1 Å². The van der Waals surface area contributed by atoms with Gasteiger partial charge in [0.1, 0.15) is 0 Å². The number of fused-ring (bicyclic) bond motifs is 2. The first-order valence-electron chi connectivity index (χ1n) is 9.51. The highest BCUT2D eigenvalue weighted by Crippen LogP contribution is 2.60. The molecule has 1 saturated carbocycles. The molecule has 0 radical (unpaired) electrons. The molecule has 1 aromatic rings. The second-order valence-electron chi connectivity index (χ2n) is 8.68. The van der Waals surface area contributed by atoms with Crippen LogP contribution >= 0.6 is 0 Å². The number of benzene rings is 1. The number of carbonyl (C=O) groups is 3. The SMILES string of the molecule is CN(C)c1ccc(NC(=O)CCN2C(=O)C3CCC(C)(C2=O)C3(C)C)cc1. The van der Waals surface area contributed by atoms with Crippen molar-refractivity contribution in [2.24, 2.45) is 16.7 Å². The van der Waals surface area contributed by atoms with Crippen molar-refractivity contribution in [3.63, 3.8) is 0 Å². The molecule has 146 valence electrons. The van der Waals surface area contributed by atoms with Crippen LogP contribution in [-0.2, 0) is 14.4 Å². The highest BCUT2D eigenvalue weighted by molar-refractivity contribution is 6.04. The van der Waals surface area contributed by atoms with Crippen LogP contribution < -0.4 is 10.2 Å². The monoisotopic (exact) mass is 371 g/mol. The van der Waals surface area contributed by atoms with Gasteiger partial charge in [-0.1, -0.05) is 20.8 Å². The maximum atomic E-state index is 13.0. The Hall–Kier alpha value is -2.37. The summed E-state index contributed by atoms with van der Waals surface area (Å²) in [6.07, 6.45) is 1.58. The van der Waals surface area contributed by atoms with Gasteiger partial charge >= 0.3 is 0 Å². The Labute approximate surface area is 160 Å². The fraction of sp³-hybridized carbons (Fsp3) is 0.571. The molecule has 1 aliphatic heterocycles. The van der Waals surface area contributed by atoms with Crippen molar-refractivity contribution in [3.8, 4) is 0 Å². The zero-order chi connectivity index (χ0) is 20.0. The molecule has 1 heterocycles. The van der Waals surface area contributed by atoms with Crippen LogP contribution in [0.4, 0.5) is 11.4 Å². The van der Waals surface area contributed by atoms with Gasteiger partial charge in [-0.15, -0.1) is 0 Å². The van der Waals surface area contributed by atoms with E-state index in [0.29, 0.717) is 5.69 Å². The van der Waals surface area contributed by atoms with Gasteiger partial charge in [0.15, 0.2) is 0 Å². The van der Waals surface area contributed by atoms with Crippen LogP contribution in [0.15, 0.2) is 24.3 Å². The van der Waals surface area contributed by atoms with Gasteiger partial charge in [-0.25, -0.2) is 0 Å². The molecule has 1 saturated heterocycles. The molecule has 1 aromatic carbocycles. The van der Waals surface area contributed by atoms with E-state index in [9.17, 15) is 14.4 Å². The van der Waals surface area contributed by atoms with Crippen LogP contribution in [0.2, 0.25) is 0 Å². The number of carbonyl (C=O) groups excluding carboxylic acids is 3. The lowest BCUT2D eigenvalue weighted by Gasteiger charge is -2.47. The number of imide groups is 1. The Kier molecular flexibility index (Phi) is 4.78. The number of piperidine rings is 1. The normalized spacial score (nSPS) is 26.3. The maximum absolute atomic E-state index is 13.0. The second kappa shape index (κ2) is 6.66. The molecule has 1 aliphatic carbocycles. The summed E-state index contributed by atoms with van der Waals surface area (Å²) in [6, 6.07) is 7.53. The predicted octanol–water partition coefficient (Wildman–Crippen LogP) is 2.89. The van der Waals surface area contributed by atoms with Crippen LogP contribution in [0, 0.1) is 16.7 Å². The summed E-state index contributed by atoms with van der Waals surface area (Å²) in [5, 5.41) is 2.83. The van der Waals surface area contributed by atoms with Crippen molar-refractivity contribution in [3.05, 3.63) is 24.3 Å². The summed E-state index contributed by atoms with van der Waals surface area (Å²) in [7, 11) is 3.91. The topological polar surface area (TPSA) is 69.7 Å². The fourth-order valence-corrected chi connectivity index (χ4v) is 4.39. The zero-order valence-corrected chi connectivity index (χ0v) is 16.8. The van der Waals surface area contributed by atoms with Gasteiger partial charge in [-0.05, 0) is 42.5 Å². The van der Waals surface area contributed by atoms with Gasteiger partial charge in [0.25, 0.3) is 0 Å². The first-order valence-corrected chi connectivity index (χ1v) is 9.51. The molecule has 2 fully saturated rings. The minimum Gasteiger partial charge on any atom is -0.378 e. The lowest BCUT2D eigenvalue weighted by Crippen LogP contribution is -2.59. The van der Waals surface area contributed by atoms with Crippen molar-refractivity contribution in [2.45, 2.75) is 40.0 Å². The quantitative estimate of drug-likeness (QED) is 0.808. The van der Waals surface area contributed by atoms with Gasteiger partial charge in [0.05, 0.1) is 5.41 Å². The minimum atomic E-state index is -0.524. The summed E-state index contributed by atoms with van der Waals surface area (Å²) < 4.78 is 0. The molecule has 3 rings (SSSR count). The van der Waals surface area contributed by atoms with E-state index < -0.39 is 5.41 Å². The molecule has 2 unspecified atom stereocenters. The average molecular weight is 371 g/mol. The molecule has 0 spiro atoms. The summed E-state index contributed by atoms with van der Waals surface area (Å²) in [5.74, 6) is -0.588. The average Bonchev–Trinajstić information content (AvgIpc) is 2.79. The Morgan fingerprint density at radius 1 is 1.19 bits per heavy atom. The first kappa shape index (κ1) is 19.4. The second-order valence-corrected chi connectivity index (χ2v) is 8.68. The van der Waals surface area contributed by atoms with Crippen LogP contribution in [-0.4, -0.2) is 43.3 Å². The van der Waals surface area contributed by atoms with Crippen LogP contribution in [0.25, 0.3) is 0 Å². The van der Waals surface area contributed by atoms with Gasteiger partial charge < -0.3 is 10.2 Å². The first-order chi connectivity index (χ1) is 12.6. The Balaban J connectivity index is 1.62. The predicted molar refractivity (Wildman–Crippen MR) is 105 cm³/mol. The summed E-state index contributed by atoms with van der Waals surface area (Å²) in [4.78, 5) is 41.4. The molecular formula is C21H29N3O3. The van der Waals surface area contributed by atoms with E-state index in [1.165, 1.54) is 4.90 Å². The standard InChI is InChI=1S/C21H29N3O3/c1-20(2)16-10-12-21(20,3)19(27)24(18(16)26)13-11-17(25)22-14-6-8-15(9-7-14)23(4)5/h6-9,16H,10-13H2,1-5H3,(H,22,25). The van der Waals surface area contributed by atoms with Crippen molar-refractivity contribution in [1.29, 1.82) is 0 Å². The number of amides is 3. The highest BCUT2D eigenvalue weighted by atomic mass is 16.2. The summed E-state index contributed by atoms with van der Waals surface area (Å²) >= 11 is 0. The molecule has 6 heteroatoms. The van der Waals surface area contributed by atoms with Crippen LogP contribution in [0.5, 0.6) is 0 Å². The third-order valence-electron chi connectivity index (χ3n) is 6.74. The molecule has 1 N–H and O–H groups in total. The molecular weight excluding hydrogens is 342 g/mol. The zero-order valence-electron chi connectivity index (χ0n) is 16.8. The highest BCUT2D eigenvalue weighted by Gasteiger charge is 2.64. The molecule has 2 bridgehead atoms. The summed E-state index contributed by atoms with van der Waals surface area (Å²) in [6.45, 7) is 6.13. The third-order valence-corrected chi connectivity index (χ3v) is 6.74. The number of nitrogens with zero attached hydrogens (tertiary/aromatic N) is 2. The number of nitrogens with one attached hydrogen (secondary N) is 1. The molecule has 2 atom stereocenters. The molecule has 6 nitrogen and oxygen atoms in total. The van der Waals surface area contributed by atoms with Crippen LogP contribution in [0.3, 0.4) is 0 Å². The number of hydrogen-bond acceptors (Lipinski definition) is 4. The largest absolute Gasteiger partial charge is 0.378 e. The van der Waals surface area contributed by atoms with Crippen molar-refractivity contribution < 1.29 is 14.4 Å². The molecule has 3 amide bonds. The smallest absolute Gasteiger partial charge is 0.235 e. The van der Waals surface area contributed by atoms with Gasteiger partial charge in [-0.3, -0.25) is 19.3 Å². The van der Waals surface area contributed by atoms with Crippen molar-refractivity contribution in [1.82, 2.24) is 4.90 Å². The maximum Gasteiger partial charge on any atom is 0.235 e. The fourth-order valence-electron chi connectivity index (χ4n) is 4.39. The lowest BCUT2D eigenvalue weighted by atomic mass is 9.62. The number of anilines is 2. The number of likely N-dealkylation sites (tertiary alicyclic amines) is 1. The van der Waals surface area contributed by atoms with E-state index in [0.717, 1.165) is 18.5 Å². The van der Waals surface area contributed by atoms with E-state index >= 15 is 0 Å². The van der Waals surface area contributed by atoms with E-state index in [1.807, 2.05) is 64.0 Å². The molecule has 0 aromatic heterocycles. The Bertz CT molecular complexity index is 769. The van der Waals surface area contributed by atoms with E-state index in [2.05, 4.69) is 5.32 Å². The minimum absolute atomic E-state index is 0.107. The molecule has 27 heavy (non-hydrogen) atoms. The van der Waals surface area contributed by atoms with E-state index in [4.69, 9.17) is 0 Å². The van der Waals surface area contributed by atoms with E-state index in [1.54, 1.807) is 0 Å². The molecule has 2 aliphatic rings.